The number of rotatable bonds is 3. The molecule has 162 valence electrons. The lowest BCUT2D eigenvalue weighted by atomic mass is 9.99. The molecule has 0 unspecified atom stereocenters. The van der Waals surface area contributed by atoms with Crippen LogP contribution in [0.4, 0.5) is 4.39 Å². The van der Waals surface area contributed by atoms with Crippen molar-refractivity contribution >= 4 is 11.6 Å². The van der Waals surface area contributed by atoms with Gasteiger partial charge >= 0.3 is 0 Å². The van der Waals surface area contributed by atoms with Crippen LogP contribution in [0.2, 0.25) is 5.02 Å². The summed E-state index contributed by atoms with van der Waals surface area (Å²) in [6, 6.07) is 23.4. The first-order valence-electron chi connectivity index (χ1n) is 10.7. The molecule has 0 heterocycles. The third kappa shape index (κ3) is 8.71. The van der Waals surface area contributed by atoms with Gasteiger partial charge in [0.05, 0.1) is 0 Å². The first-order chi connectivity index (χ1) is 14.1. The summed E-state index contributed by atoms with van der Waals surface area (Å²) in [5, 5.41) is 0.873. The van der Waals surface area contributed by atoms with Crippen LogP contribution in [-0.4, -0.2) is 0 Å². The molecule has 3 rings (SSSR count). The number of hydrogen-bond donors (Lipinski definition) is 0. The first kappa shape index (κ1) is 25.9. The largest absolute Gasteiger partial charge is 0.207 e. The molecule has 0 aromatic heterocycles. The van der Waals surface area contributed by atoms with Crippen LogP contribution >= 0.6 is 11.6 Å². The summed E-state index contributed by atoms with van der Waals surface area (Å²) in [5.41, 5.74) is 4.88. The van der Waals surface area contributed by atoms with Gasteiger partial charge in [-0.15, -0.1) is 0 Å². The maximum absolute atomic E-state index is 12.8. The van der Waals surface area contributed by atoms with Gasteiger partial charge in [-0.25, -0.2) is 4.39 Å². The molecule has 0 aliphatic rings. The average Bonchev–Trinajstić information content (AvgIpc) is 2.69. The highest BCUT2D eigenvalue weighted by Crippen LogP contribution is 2.22. The molecule has 0 saturated carbocycles. The molecule has 2 heteroatoms. The van der Waals surface area contributed by atoms with Gasteiger partial charge in [0, 0.05) is 5.02 Å². The zero-order valence-electron chi connectivity index (χ0n) is 19.4. The van der Waals surface area contributed by atoms with Crippen LogP contribution in [-0.2, 0) is 0 Å². The molecule has 0 N–H and O–H groups in total. The summed E-state index contributed by atoms with van der Waals surface area (Å²) >= 11 is 5.92. The Kier molecular flexibility index (Phi) is 11.4. The van der Waals surface area contributed by atoms with Crippen LogP contribution in [0.1, 0.15) is 81.5 Å². The summed E-state index contributed by atoms with van der Waals surface area (Å²) in [4.78, 5) is 0. The molecule has 0 atom stereocenters. The van der Waals surface area contributed by atoms with Crippen molar-refractivity contribution in [3.05, 3.63) is 106 Å². The second-order valence-corrected chi connectivity index (χ2v) is 8.77. The normalized spacial score (nSPS) is 10.4. The topological polar surface area (TPSA) is 0 Å². The quantitative estimate of drug-likeness (QED) is 0.391. The molecular formula is C28H36ClF. The van der Waals surface area contributed by atoms with E-state index in [1.807, 2.05) is 44.2 Å². The van der Waals surface area contributed by atoms with Crippen LogP contribution in [0.5, 0.6) is 0 Å². The summed E-state index contributed by atoms with van der Waals surface area (Å²) in [6.45, 7) is 14.9. The fourth-order valence-corrected chi connectivity index (χ4v) is 3.48. The first-order valence-corrected chi connectivity index (χ1v) is 11.1. The fraction of sp³-hybridized carbons (Fsp3) is 0.357. The third-order valence-electron chi connectivity index (χ3n) is 4.86. The molecule has 0 bridgehead atoms. The highest BCUT2D eigenvalue weighted by Gasteiger charge is 2.03. The van der Waals surface area contributed by atoms with Crippen molar-refractivity contribution in [1.82, 2.24) is 0 Å². The molecule has 3 aromatic carbocycles. The van der Waals surface area contributed by atoms with Crippen LogP contribution in [0.15, 0.2) is 72.8 Å². The van der Waals surface area contributed by atoms with Gasteiger partial charge in [0.15, 0.2) is 0 Å². The van der Waals surface area contributed by atoms with Gasteiger partial charge in [0.25, 0.3) is 0 Å². The van der Waals surface area contributed by atoms with Crippen LogP contribution in [0.25, 0.3) is 0 Å². The van der Waals surface area contributed by atoms with Gasteiger partial charge in [0.1, 0.15) is 5.82 Å². The Bertz CT molecular complexity index is 763. The van der Waals surface area contributed by atoms with E-state index in [1.165, 1.54) is 22.8 Å². The molecule has 0 aliphatic heterocycles. The van der Waals surface area contributed by atoms with E-state index in [4.69, 9.17) is 11.6 Å². The molecule has 0 spiro atoms. The Morgan fingerprint density at radius 2 is 0.967 bits per heavy atom. The second kappa shape index (κ2) is 13.2. The Morgan fingerprint density at radius 3 is 1.30 bits per heavy atom. The Hall–Kier alpha value is -2.12. The highest BCUT2D eigenvalue weighted by atomic mass is 35.5. The molecule has 0 saturated heterocycles. The minimum absolute atomic E-state index is 0.0995. The number of hydrogen-bond acceptors (Lipinski definition) is 0. The number of aryl methyl sites for hydroxylation is 1. The van der Waals surface area contributed by atoms with Crippen molar-refractivity contribution in [2.45, 2.75) is 66.2 Å². The lowest BCUT2D eigenvalue weighted by Crippen LogP contribution is -1.90. The van der Waals surface area contributed by atoms with E-state index >= 15 is 0 Å². The number of benzene rings is 3. The standard InChI is InChI=1S/C10H14.C9H11Cl.C9H11F/c1-8(2)10-7-5-4-6-9(10)3;2*1-7(2)8-5-3-4-6-9(8)10/h4-8H,1-3H3;2*3-7H,1-2H3. The molecule has 0 nitrogen and oxygen atoms in total. The molecular weight excluding hydrogens is 391 g/mol. The zero-order chi connectivity index (χ0) is 22.7. The molecule has 3 aromatic rings. The monoisotopic (exact) mass is 426 g/mol. The van der Waals surface area contributed by atoms with Gasteiger partial charge in [-0.1, -0.05) is 114 Å². The van der Waals surface area contributed by atoms with Crippen molar-refractivity contribution < 1.29 is 4.39 Å². The second-order valence-electron chi connectivity index (χ2n) is 8.36. The fourth-order valence-electron chi connectivity index (χ4n) is 3.12. The van der Waals surface area contributed by atoms with Crippen molar-refractivity contribution in [3.8, 4) is 0 Å². The average molecular weight is 427 g/mol. The smallest absolute Gasteiger partial charge is 0.126 e. The van der Waals surface area contributed by atoms with Gasteiger partial charge in [0.2, 0.25) is 0 Å². The third-order valence-corrected chi connectivity index (χ3v) is 5.21. The number of halogens is 2. The lowest BCUT2D eigenvalue weighted by Gasteiger charge is -2.07. The van der Waals surface area contributed by atoms with Gasteiger partial charge in [-0.05, 0) is 59.1 Å². The zero-order valence-corrected chi connectivity index (χ0v) is 20.2. The van der Waals surface area contributed by atoms with Crippen LogP contribution < -0.4 is 0 Å². The van der Waals surface area contributed by atoms with Crippen molar-refractivity contribution in [2.24, 2.45) is 0 Å². The maximum atomic E-state index is 12.8. The summed E-state index contributed by atoms with van der Waals surface area (Å²) in [6.07, 6.45) is 0. The Balaban J connectivity index is 0.000000225. The molecule has 0 fully saturated rings. The van der Waals surface area contributed by atoms with Gasteiger partial charge in [-0.2, -0.15) is 0 Å². The van der Waals surface area contributed by atoms with Crippen molar-refractivity contribution in [3.63, 3.8) is 0 Å². The predicted molar refractivity (Wildman–Crippen MR) is 131 cm³/mol. The molecule has 30 heavy (non-hydrogen) atoms. The van der Waals surface area contributed by atoms with Crippen LogP contribution in [0.3, 0.4) is 0 Å². The molecule has 0 amide bonds. The van der Waals surface area contributed by atoms with E-state index in [2.05, 4.69) is 65.0 Å². The van der Waals surface area contributed by atoms with E-state index in [9.17, 15) is 4.39 Å². The van der Waals surface area contributed by atoms with E-state index in [-0.39, 0.29) is 11.7 Å². The Morgan fingerprint density at radius 1 is 0.567 bits per heavy atom. The predicted octanol–water partition coefficient (Wildman–Crippen LogP) is 9.53. The van der Waals surface area contributed by atoms with Gasteiger partial charge < -0.3 is 0 Å². The molecule has 0 aliphatic carbocycles. The van der Waals surface area contributed by atoms with Crippen molar-refractivity contribution in [2.75, 3.05) is 0 Å². The summed E-state index contributed by atoms with van der Waals surface area (Å²) < 4.78 is 12.8. The minimum Gasteiger partial charge on any atom is -0.207 e. The van der Waals surface area contributed by atoms with E-state index in [0.717, 1.165) is 10.6 Å². The Labute approximate surface area is 188 Å². The van der Waals surface area contributed by atoms with E-state index in [1.54, 1.807) is 6.07 Å². The SMILES string of the molecule is CC(C)c1ccccc1Cl.CC(C)c1ccccc1F.Cc1ccccc1C(C)C. The van der Waals surface area contributed by atoms with E-state index in [0.29, 0.717) is 11.8 Å². The summed E-state index contributed by atoms with van der Waals surface area (Å²) in [5.74, 6) is 1.36. The molecule has 0 radical (unpaired) electrons. The maximum Gasteiger partial charge on any atom is 0.126 e. The van der Waals surface area contributed by atoms with E-state index < -0.39 is 0 Å². The highest BCUT2D eigenvalue weighted by molar-refractivity contribution is 6.31. The van der Waals surface area contributed by atoms with Crippen molar-refractivity contribution in [1.29, 1.82) is 0 Å². The summed E-state index contributed by atoms with van der Waals surface area (Å²) in [7, 11) is 0. The van der Waals surface area contributed by atoms with Gasteiger partial charge in [-0.3, -0.25) is 0 Å². The minimum atomic E-state index is -0.0995. The van der Waals surface area contributed by atoms with Crippen LogP contribution in [0, 0.1) is 12.7 Å². The lowest BCUT2D eigenvalue weighted by molar-refractivity contribution is 0.598.